The Hall–Kier alpha value is -1.29. The van der Waals surface area contributed by atoms with Gasteiger partial charge >= 0.3 is 13.5 Å². The number of H-pyrrole nitrogens is 1. The first kappa shape index (κ1) is 15.1. The highest BCUT2D eigenvalue weighted by Crippen LogP contribution is 2.43. The zero-order valence-corrected chi connectivity index (χ0v) is 10.9. The van der Waals surface area contributed by atoms with Gasteiger partial charge in [0.1, 0.15) is 18.3 Å². The van der Waals surface area contributed by atoms with Crippen molar-refractivity contribution in [2.24, 2.45) is 0 Å². The van der Waals surface area contributed by atoms with E-state index < -0.39 is 43.4 Å². The van der Waals surface area contributed by atoms with Gasteiger partial charge in [0.25, 0.3) is 5.56 Å². The summed E-state index contributed by atoms with van der Waals surface area (Å²) in [5, 5.41) is 19.5. The topological polar surface area (TPSA) is 162 Å². The van der Waals surface area contributed by atoms with Crippen LogP contribution in [0, 0.1) is 0 Å². The van der Waals surface area contributed by atoms with Crippen LogP contribution < -0.4 is 11.2 Å². The molecule has 0 radical (unpaired) electrons. The van der Waals surface area contributed by atoms with Crippen LogP contribution >= 0.6 is 7.82 Å². The fourth-order valence-electron chi connectivity index (χ4n) is 2.21. The lowest BCUT2D eigenvalue weighted by Crippen LogP contribution is -2.37. The Balaban J connectivity index is 2.28. The van der Waals surface area contributed by atoms with E-state index in [0.717, 1.165) is 16.8 Å². The van der Waals surface area contributed by atoms with E-state index in [1.54, 1.807) is 0 Å². The summed E-state index contributed by atoms with van der Waals surface area (Å²) in [5.74, 6) is 0. The number of hydrogen-bond donors (Lipinski definition) is 5. The van der Waals surface area contributed by atoms with E-state index in [1.165, 1.54) is 0 Å². The van der Waals surface area contributed by atoms with Gasteiger partial charge in [-0.25, -0.2) is 9.36 Å². The largest absolute Gasteiger partial charge is 0.469 e. The molecule has 4 atom stereocenters. The van der Waals surface area contributed by atoms with Crippen molar-refractivity contribution in [1.29, 1.82) is 0 Å². The molecule has 1 heterocycles. The van der Waals surface area contributed by atoms with Crippen LogP contribution in [0.25, 0.3) is 0 Å². The van der Waals surface area contributed by atoms with Gasteiger partial charge in [0.05, 0.1) is 6.04 Å². The van der Waals surface area contributed by atoms with Gasteiger partial charge in [-0.3, -0.25) is 18.9 Å². The van der Waals surface area contributed by atoms with Crippen molar-refractivity contribution < 1.29 is 29.1 Å². The number of hydrogen-bond acceptors (Lipinski definition) is 6. The molecule has 0 saturated heterocycles. The van der Waals surface area contributed by atoms with Crippen LogP contribution in [0.5, 0.6) is 0 Å². The molecule has 1 aromatic rings. The molecule has 0 amide bonds. The Bertz CT molecular complexity index is 648. The molecule has 10 nitrogen and oxygen atoms in total. The molecule has 4 unspecified atom stereocenters. The standard InChI is InChI=1S/C9H13N2O8P/c12-6-1-2-11(9(15)10-6)4-3-5(8(14)7(4)13)19-20(16,17)18/h1-2,4-5,7-8,13-14H,3H2,(H,10,12,15)(H2,16,17,18). The minimum Gasteiger partial charge on any atom is -0.388 e. The average Bonchev–Trinajstić information content (AvgIpc) is 2.56. The molecular formula is C9H13N2O8P. The van der Waals surface area contributed by atoms with Gasteiger partial charge in [-0.05, 0) is 0 Å². The van der Waals surface area contributed by atoms with Crippen molar-refractivity contribution in [3.8, 4) is 0 Å². The van der Waals surface area contributed by atoms with Gasteiger partial charge in [0.2, 0.25) is 0 Å². The highest BCUT2D eigenvalue weighted by atomic mass is 31.2. The van der Waals surface area contributed by atoms with Crippen LogP contribution in [-0.2, 0) is 9.09 Å². The first-order chi connectivity index (χ1) is 9.19. The highest BCUT2D eigenvalue weighted by molar-refractivity contribution is 7.46. The highest BCUT2D eigenvalue weighted by Gasteiger charge is 2.45. The van der Waals surface area contributed by atoms with Crippen LogP contribution in [0.2, 0.25) is 0 Å². The molecule has 1 saturated carbocycles. The molecule has 11 heteroatoms. The van der Waals surface area contributed by atoms with Gasteiger partial charge in [-0.2, -0.15) is 0 Å². The van der Waals surface area contributed by atoms with Crippen molar-refractivity contribution in [2.45, 2.75) is 30.8 Å². The maximum atomic E-state index is 11.6. The van der Waals surface area contributed by atoms with Crippen molar-refractivity contribution in [3.63, 3.8) is 0 Å². The van der Waals surface area contributed by atoms with E-state index in [2.05, 4.69) is 4.52 Å². The normalized spacial score (nSPS) is 30.6. The minimum absolute atomic E-state index is 0.195. The Kier molecular flexibility index (Phi) is 3.96. The van der Waals surface area contributed by atoms with Crippen LogP contribution in [-0.4, -0.2) is 47.9 Å². The SMILES string of the molecule is O=c1ccn(C2CC(OP(=O)(O)O)C(O)C2O)c(=O)[nH]1. The molecule has 1 aromatic heterocycles. The summed E-state index contributed by atoms with van der Waals surface area (Å²) >= 11 is 0. The molecule has 20 heavy (non-hydrogen) atoms. The average molecular weight is 308 g/mol. The third kappa shape index (κ3) is 3.06. The Morgan fingerprint density at radius 3 is 2.50 bits per heavy atom. The van der Waals surface area contributed by atoms with E-state index in [4.69, 9.17) is 9.79 Å². The molecule has 5 N–H and O–H groups in total. The van der Waals surface area contributed by atoms with Gasteiger partial charge in [0.15, 0.2) is 0 Å². The summed E-state index contributed by atoms with van der Waals surface area (Å²) in [5.41, 5.74) is -1.42. The second kappa shape index (κ2) is 5.24. The molecule has 0 bridgehead atoms. The third-order valence-corrected chi connectivity index (χ3v) is 3.63. The van der Waals surface area contributed by atoms with Crippen LogP contribution in [0.4, 0.5) is 0 Å². The summed E-state index contributed by atoms with van der Waals surface area (Å²) in [4.78, 5) is 41.9. The predicted molar refractivity (Wildman–Crippen MR) is 63.9 cm³/mol. The fraction of sp³-hybridized carbons (Fsp3) is 0.556. The molecule has 0 aliphatic heterocycles. The van der Waals surface area contributed by atoms with Crippen LogP contribution in [0.3, 0.4) is 0 Å². The molecule has 1 fully saturated rings. The number of nitrogens with one attached hydrogen (secondary N) is 1. The number of aliphatic hydroxyl groups excluding tert-OH is 2. The van der Waals surface area contributed by atoms with E-state index in [-0.39, 0.29) is 6.42 Å². The third-order valence-electron chi connectivity index (χ3n) is 3.08. The first-order valence-corrected chi connectivity index (χ1v) is 7.13. The first-order valence-electron chi connectivity index (χ1n) is 5.60. The lowest BCUT2D eigenvalue weighted by molar-refractivity contribution is -0.0242. The Morgan fingerprint density at radius 2 is 1.95 bits per heavy atom. The Labute approximate surface area is 111 Å². The van der Waals surface area contributed by atoms with Crippen molar-refractivity contribution in [3.05, 3.63) is 33.1 Å². The van der Waals surface area contributed by atoms with Gasteiger partial charge in [-0.15, -0.1) is 0 Å². The van der Waals surface area contributed by atoms with Crippen LogP contribution in [0.15, 0.2) is 21.9 Å². The minimum atomic E-state index is -4.83. The quantitative estimate of drug-likeness (QED) is 0.389. The molecular weight excluding hydrogens is 295 g/mol. The summed E-state index contributed by atoms with van der Waals surface area (Å²) in [6.45, 7) is 0. The maximum Gasteiger partial charge on any atom is 0.469 e. The van der Waals surface area contributed by atoms with Crippen LogP contribution in [0.1, 0.15) is 12.5 Å². The number of nitrogens with zero attached hydrogens (tertiary/aromatic N) is 1. The smallest absolute Gasteiger partial charge is 0.388 e. The molecule has 1 aliphatic carbocycles. The van der Waals surface area contributed by atoms with Gasteiger partial charge in [-0.1, -0.05) is 0 Å². The van der Waals surface area contributed by atoms with E-state index in [9.17, 15) is 24.4 Å². The summed E-state index contributed by atoms with van der Waals surface area (Å²) < 4.78 is 16.1. The second-order valence-electron chi connectivity index (χ2n) is 4.44. The van der Waals surface area contributed by atoms with Crippen molar-refractivity contribution >= 4 is 7.82 Å². The molecule has 0 aromatic carbocycles. The van der Waals surface area contributed by atoms with Crippen molar-refractivity contribution in [1.82, 2.24) is 9.55 Å². The fourth-order valence-corrected chi connectivity index (χ4v) is 2.78. The molecule has 0 spiro atoms. The van der Waals surface area contributed by atoms with E-state index >= 15 is 0 Å². The number of aromatic amines is 1. The van der Waals surface area contributed by atoms with Gasteiger partial charge < -0.3 is 20.0 Å². The maximum absolute atomic E-state index is 11.6. The number of phosphoric ester groups is 1. The lowest BCUT2D eigenvalue weighted by Gasteiger charge is -2.18. The number of aromatic nitrogens is 2. The number of rotatable bonds is 3. The zero-order valence-electron chi connectivity index (χ0n) is 9.99. The zero-order chi connectivity index (χ0) is 15.1. The molecule has 2 rings (SSSR count). The summed E-state index contributed by atoms with van der Waals surface area (Å²) in [6.07, 6.45) is -3.42. The second-order valence-corrected chi connectivity index (χ2v) is 5.63. The number of aliphatic hydroxyl groups is 2. The molecule has 112 valence electrons. The summed E-state index contributed by atoms with van der Waals surface area (Å²) in [7, 11) is -4.83. The van der Waals surface area contributed by atoms with Gasteiger partial charge in [0, 0.05) is 18.7 Å². The van der Waals surface area contributed by atoms with E-state index in [0.29, 0.717) is 0 Å². The number of phosphoric acid groups is 1. The lowest BCUT2D eigenvalue weighted by atomic mass is 10.2. The van der Waals surface area contributed by atoms with E-state index in [1.807, 2.05) is 4.98 Å². The summed E-state index contributed by atoms with van der Waals surface area (Å²) in [6, 6.07) is 0.0865. The van der Waals surface area contributed by atoms with Crippen molar-refractivity contribution in [2.75, 3.05) is 0 Å². The Morgan fingerprint density at radius 1 is 1.30 bits per heavy atom. The monoisotopic (exact) mass is 308 g/mol. The predicted octanol–water partition coefficient (Wildman–Crippen LogP) is -2.32. The molecule has 1 aliphatic rings.